The van der Waals surface area contributed by atoms with E-state index >= 15 is 0 Å². The maximum absolute atomic E-state index is 10.5. The lowest BCUT2D eigenvalue weighted by molar-refractivity contribution is -0.384. The third kappa shape index (κ3) is 1.67. The number of aldehydes is 1. The number of carbonyl (C=O) groups is 1. The topological polar surface area (TPSA) is 109 Å². The van der Waals surface area contributed by atoms with E-state index in [0.29, 0.717) is 6.29 Å². The summed E-state index contributed by atoms with van der Waals surface area (Å²) >= 11 is 0. The molecule has 0 aliphatic rings. The zero-order valence-corrected chi connectivity index (χ0v) is 6.82. The van der Waals surface area contributed by atoms with Gasteiger partial charge in [0.25, 0.3) is 5.69 Å². The van der Waals surface area contributed by atoms with Crippen molar-refractivity contribution in [1.29, 1.82) is 0 Å². The number of nitrogens with zero attached hydrogens (tertiary/aromatic N) is 4. The number of nitro benzene ring substituents is 1. The molecule has 0 bridgehead atoms. The van der Waals surface area contributed by atoms with Crippen molar-refractivity contribution in [3.63, 3.8) is 0 Å². The van der Waals surface area contributed by atoms with Crippen molar-refractivity contribution in [3.05, 3.63) is 44.3 Å². The van der Waals surface area contributed by atoms with E-state index in [4.69, 9.17) is 5.53 Å². The summed E-state index contributed by atoms with van der Waals surface area (Å²) in [4.78, 5) is 22.7. The van der Waals surface area contributed by atoms with Gasteiger partial charge in [-0.2, -0.15) is 0 Å². The Morgan fingerprint density at radius 2 is 2.29 bits per heavy atom. The van der Waals surface area contributed by atoms with Gasteiger partial charge in [0.2, 0.25) is 0 Å². The van der Waals surface area contributed by atoms with Crippen molar-refractivity contribution >= 4 is 17.7 Å². The van der Waals surface area contributed by atoms with E-state index in [2.05, 4.69) is 10.0 Å². The minimum Gasteiger partial charge on any atom is -0.298 e. The molecule has 0 saturated carbocycles. The summed E-state index contributed by atoms with van der Waals surface area (Å²) in [7, 11) is 0. The van der Waals surface area contributed by atoms with Crippen molar-refractivity contribution in [2.75, 3.05) is 0 Å². The fourth-order valence-electron chi connectivity index (χ4n) is 0.945. The van der Waals surface area contributed by atoms with Gasteiger partial charge in [-0.3, -0.25) is 14.9 Å². The molecule has 0 saturated heterocycles. The number of hydrogen-bond acceptors (Lipinski definition) is 4. The number of carbonyl (C=O) groups excluding carboxylic acids is 1. The zero-order valence-electron chi connectivity index (χ0n) is 6.82. The van der Waals surface area contributed by atoms with E-state index < -0.39 is 4.92 Å². The molecule has 0 unspecified atom stereocenters. The number of nitro groups is 1. The largest absolute Gasteiger partial charge is 0.298 e. The number of hydrogen-bond donors (Lipinski definition) is 0. The minimum absolute atomic E-state index is 0.00278. The first kappa shape index (κ1) is 9.69. The fourth-order valence-corrected chi connectivity index (χ4v) is 0.945. The van der Waals surface area contributed by atoms with E-state index in [9.17, 15) is 14.9 Å². The molecule has 14 heavy (non-hydrogen) atoms. The molecule has 0 heterocycles. The van der Waals surface area contributed by atoms with Crippen LogP contribution in [0.5, 0.6) is 0 Å². The predicted octanol–water partition coefficient (Wildman–Crippen LogP) is 2.35. The van der Waals surface area contributed by atoms with Crippen LogP contribution in [0.15, 0.2) is 23.3 Å². The average Bonchev–Trinajstić information content (AvgIpc) is 2.18. The van der Waals surface area contributed by atoms with Gasteiger partial charge < -0.3 is 0 Å². The molecule has 0 amide bonds. The van der Waals surface area contributed by atoms with Crippen LogP contribution in [-0.4, -0.2) is 11.2 Å². The molecular weight excluding hydrogens is 188 g/mol. The maximum Gasteiger partial charge on any atom is 0.279 e. The van der Waals surface area contributed by atoms with Gasteiger partial charge in [0, 0.05) is 16.5 Å². The van der Waals surface area contributed by atoms with Gasteiger partial charge in [-0.05, 0) is 5.53 Å². The summed E-state index contributed by atoms with van der Waals surface area (Å²) in [5.41, 5.74) is 7.53. The van der Waals surface area contributed by atoms with Crippen molar-refractivity contribution < 1.29 is 9.72 Å². The molecule has 0 aliphatic carbocycles. The maximum atomic E-state index is 10.5. The van der Waals surface area contributed by atoms with Crippen LogP contribution in [-0.2, 0) is 0 Å². The first-order valence-electron chi connectivity index (χ1n) is 3.48. The van der Waals surface area contributed by atoms with Crippen molar-refractivity contribution in [2.45, 2.75) is 0 Å². The first-order valence-corrected chi connectivity index (χ1v) is 3.48. The van der Waals surface area contributed by atoms with Crippen LogP contribution in [0.25, 0.3) is 10.4 Å². The van der Waals surface area contributed by atoms with E-state index in [-0.39, 0.29) is 16.9 Å². The van der Waals surface area contributed by atoms with Crippen LogP contribution >= 0.6 is 0 Å². The van der Waals surface area contributed by atoms with Crippen LogP contribution in [0.2, 0.25) is 0 Å². The molecule has 7 heteroatoms. The Morgan fingerprint density at radius 1 is 1.57 bits per heavy atom. The third-order valence-corrected chi connectivity index (χ3v) is 1.51. The van der Waals surface area contributed by atoms with Crippen LogP contribution < -0.4 is 0 Å². The van der Waals surface area contributed by atoms with Gasteiger partial charge in [0.05, 0.1) is 4.92 Å². The summed E-state index contributed by atoms with van der Waals surface area (Å²) in [5, 5.41) is 13.6. The molecule has 0 atom stereocenters. The highest BCUT2D eigenvalue weighted by Gasteiger charge is 2.15. The predicted molar refractivity (Wildman–Crippen MR) is 47.3 cm³/mol. The monoisotopic (exact) mass is 192 g/mol. The third-order valence-electron chi connectivity index (χ3n) is 1.51. The summed E-state index contributed by atoms with van der Waals surface area (Å²) < 4.78 is 0. The second kappa shape index (κ2) is 4.01. The van der Waals surface area contributed by atoms with Crippen molar-refractivity contribution in [3.8, 4) is 0 Å². The Labute approximate surface area is 77.7 Å². The second-order valence-corrected chi connectivity index (χ2v) is 2.28. The molecule has 0 radical (unpaired) electrons. The smallest absolute Gasteiger partial charge is 0.279 e. The normalized spacial score (nSPS) is 8.86. The average molecular weight is 192 g/mol. The Balaban J connectivity index is 3.50. The molecule has 7 nitrogen and oxygen atoms in total. The first-order chi connectivity index (χ1) is 6.70. The molecule has 0 spiro atoms. The Kier molecular flexibility index (Phi) is 2.78. The number of benzene rings is 1. The summed E-state index contributed by atoms with van der Waals surface area (Å²) in [5.74, 6) is 0. The lowest BCUT2D eigenvalue weighted by atomic mass is 10.2. The fraction of sp³-hybridized carbons (Fsp3) is 0. The highest BCUT2D eigenvalue weighted by atomic mass is 16.6. The van der Waals surface area contributed by atoms with Gasteiger partial charge in [-0.15, -0.1) is 0 Å². The highest BCUT2D eigenvalue weighted by molar-refractivity contribution is 5.86. The SMILES string of the molecule is [N-]=[N+]=Nc1c(C=O)cccc1[N+](=O)[O-]. The second-order valence-electron chi connectivity index (χ2n) is 2.28. The Bertz CT molecular complexity index is 437. The Morgan fingerprint density at radius 3 is 2.79 bits per heavy atom. The van der Waals surface area contributed by atoms with Crippen LogP contribution in [0.3, 0.4) is 0 Å². The van der Waals surface area contributed by atoms with E-state index in [0.717, 1.165) is 6.07 Å². The van der Waals surface area contributed by atoms with Crippen molar-refractivity contribution in [2.24, 2.45) is 5.11 Å². The molecule has 1 aromatic rings. The molecule has 0 aliphatic heterocycles. The standard InChI is InChI=1S/C7H4N4O3/c8-10-9-7-5(4-12)2-1-3-6(7)11(13)14/h1-4H. The van der Waals surface area contributed by atoms with Crippen LogP contribution in [0.4, 0.5) is 11.4 Å². The zero-order chi connectivity index (χ0) is 10.6. The van der Waals surface area contributed by atoms with Crippen LogP contribution in [0, 0.1) is 10.1 Å². The molecule has 0 fully saturated rings. The summed E-state index contributed by atoms with van der Waals surface area (Å²) in [6.45, 7) is 0. The van der Waals surface area contributed by atoms with Gasteiger partial charge in [-0.25, -0.2) is 0 Å². The van der Waals surface area contributed by atoms with Gasteiger partial charge in [-0.1, -0.05) is 17.2 Å². The molecule has 0 N–H and O–H groups in total. The van der Waals surface area contributed by atoms with Crippen LogP contribution in [0.1, 0.15) is 10.4 Å². The number of rotatable bonds is 3. The van der Waals surface area contributed by atoms with E-state index in [1.54, 1.807) is 0 Å². The summed E-state index contributed by atoms with van der Waals surface area (Å²) in [6.07, 6.45) is 0.400. The molecule has 1 aromatic carbocycles. The van der Waals surface area contributed by atoms with Gasteiger partial charge >= 0.3 is 0 Å². The minimum atomic E-state index is -0.711. The highest BCUT2D eigenvalue weighted by Crippen LogP contribution is 2.30. The van der Waals surface area contributed by atoms with Gasteiger partial charge in [0.15, 0.2) is 6.29 Å². The van der Waals surface area contributed by atoms with E-state index in [1.807, 2.05) is 0 Å². The molecule has 0 aromatic heterocycles. The lowest BCUT2D eigenvalue weighted by Crippen LogP contribution is -1.91. The molecular formula is C7H4N4O3. The van der Waals surface area contributed by atoms with Crippen molar-refractivity contribution in [1.82, 2.24) is 0 Å². The number of azide groups is 1. The quantitative estimate of drug-likeness (QED) is 0.183. The van der Waals surface area contributed by atoms with E-state index in [1.165, 1.54) is 12.1 Å². The molecule has 70 valence electrons. The summed E-state index contributed by atoms with van der Waals surface area (Å²) in [6, 6.07) is 3.85. The lowest BCUT2D eigenvalue weighted by Gasteiger charge is -1.97. The molecule has 1 rings (SSSR count). The Hall–Kier alpha value is -2.40. The van der Waals surface area contributed by atoms with Gasteiger partial charge in [0.1, 0.15) is 5.69 Å².